The van der Waals surface area contributed by atoms with Crippen molar-refractivity contribution in [3.63, 3.8) is 0 Å². The number of benzene rings is 3. The number of nitrogens with zero attached hydrogens (tertiary/aromatic N) is 2. The molecule has 4 rings (SSSR count). The molecule has 0 fully saturated rings. The van der Waals surface area contributed by atoms with Crippen LogP contribution in [0.3, 0.4) is 0 Å². The molecular formula is C24H21BrN2O3. The fourth-order valence-electron chi connectivity index (χ4n) is 3.32. The Balaban J connectivity index is 1.67. The van der Waals surface area contributed by atoms with Crippen LogP contribution in [-0.4, -0.2) is 22.9 Å². The minimum atomic E-state index is 0.0600. The number of hydrogen-bond donors (Lipinski definition) is 1. The normalized spacial score (nSPS) is 11.5. The van der Waals surface area contributed by atoms with Crippen LogP contribution in [0.25, 0.3) is 22.6 Å². The van der Waals surface area contributed by atoms with E-state index in [2.05, 4.69) is 32.0 Å². The van der Waals surface area contributed by atoms with Gasteiger partial charge in [-0.2, -0.15) is 0 Å². The van der Waals surface area contributed by atoms with Gasteiger partial charge in [0.2, 0.25) is 5.89 Å². The van der Waals surface area contributed by atoms with Crippen molar-refractivity contribution in [3.8, 4) is 23.0 Å². The fraction of sp³-hybridized carbons (Fsp3) is 0.167. The van der Waals surface area contributed by atoms with E-state index in [1.807, 2.05) is 51.1 Å². The first kappa shape index (κ1) is 20.2. The van der Waals surface area contributed by atoms with Crippen molar-refractivity contribution in [1.82, 2.24) is 4.98 Å². The van der Waals surface area contributed by atoms with Gasteiger partial charge < -0.3 is 14.3 Å². The van der Waals surface area contributed by atoms with Gasteiger partial charge in [0.15, 0.2) is 17.1 Å². The second-order valence-corrected chi connectivity index (χ2v) is 7.95. The molecule has 3 aromatic carbocycles. The molecular weight excluding hydrogens is 444 g/mol. The molecule has 0 amide bonds. The molecule has 0 saturated heterocycles. The van der Waals surface area contributed by atoms with Crippen LogP contribution < -0.4 is 4.74 Å². The maximum absolute atomic E-state index is 10.4. The number of phenolic OH excluding ortho intramolecular Hbond substituents is 1. The van der Waals surface area contributed by atoms with Gasteiger partial charge in [-0.1, -0.05) is 28.1 Å². The van der Waals surface area contributed by atoms with Crippen molar-refractivity contribution in [2.75, 3.05) is 6.61 Å². The molecule has 152 valence electrons. The van der Waals surface area contributed by atoms with Gasteiger partial charge >= 0.3 is 0 Å². The van der Waals surface area contributed by atoms with Crippen LogP contribution in [0.5, 0.6) is 11.5 Å². The number of aromatic hydroxyl groups is 1. The summed E-state index contributed by atoms with van der Waals surface area (Å²) in [4.78, 5) is 9.16. The van der Waals surface area contributed by atoms with E-state index < -0.39 is 0 Å². The minimum Gasteiger partial charge on any atom is -0.504 e. The lowest BCUT2D eigenvalue weighted by atomic mass is 10.1. The Labute approximate surface area is 183 Å². The lowest BCUT2D eigenvalue weighted by molar-refractivity contribution is 0.317. The zero-order valence-corrected chi connectivity index (χ0v) is 18.5. The standard InChI is InChI=1S/C24H21BrN2O3/c1-4-29-21-12-18(25)10-17(22(21)28)13-26-19-7-5-6-16(11-19)24-27-20-9-14(2)8-15(3)23(20)30-24/h5-13,28H,4H2,1-3H3. The third-order valence-corrected chi connectivity index (χ3v) is 5.09. The number of oxazole rings is 1. The molecule has 0 atom stereocenters. The van der Waals surface area contributed by atoms with Crippen LogP contribution in [0.2, 0.25) is 0 Å². The summed E-state index contributed by atoms with van der Waals surface area (Å²) in [5.74, 6) is 1.03. The topological polar surface area (TPSA) is 67.9 Å². The van der Waals surface area contributed by atoms with Crippen LogP contribution in [0.1, 0.15) is 23.6 Å². The van der Waals surface area contributed by atoms with Gasteiger partial charge in [0.05, 0.1) is 12.3 Å². The molecule has 0 aliphatic heterocycles. The van der Waals surface area contributed by atoms with E-state index in [4.69, 9.17) is 9.15 Å². The smallest absolute Gasteiger partial charge is 0.227 e. The fourth-order valence-corrected chi connectivity index (χ4v) is 3.78. The maximum atomic E-state index is 10.4. The molecule has 0 aliphatic carbocycles. The molecule has 1 N–H and O–H groups in total. The van der Waals surface area contributed by atoms with E-state index in [9.17, 15) is 5.11 Å². The highest BCUT2D eigenvalue weighted by atomic mass is 79.9. The molecule has 4 aromatic rings. The van der Waals surface area contributed by atoms with E-state index in [0.717, 1.165) is 38.0 Å². The highest BCUT2D eigenvalue weighted by molar-refractivity contribution is 9.10. The first-order valence-electron chi connectivity index (χ1n) is 9.62. The van der Waals surface area contributed by atoms with Crippen LogP contribution in [-0.2, 0) is 0 Å². The first-order chi connectivity index (χ1) is 14.4. The SMILES string of the molecule is CCOc1cc(Br)cc(C=Nc2cccc(-c3nc4cc(C)cc(C)c4o3)c2)c1O. The number of fused-ring (bicyclic) bond motifs is 1. The number of halogens is 1. The van der Waals surface area contributed by atoms with Crippen molar-refractivity contribution in [3.05, 3.63) is 69.7 Å². The second kappa shape index (κ2) is 8.32. The molecule has 0 unspecified atom stereocenters. The van der Waals surface area contributed by atoms with Gasteiger partial charge in [-0.25, -0.2) is 4.98 Å². The van der Waals surface area contributed by atoms with Gasteiger partial charge in [0, 0.05) is 21.8 Å². The maximum Gasteiger partial charge on any atom is 0.227 e. The van der Waals surface area contributed by atoms with E-state index in [1.54, 1.807) is 18.3 Å². The molecule has 6 heteroatoms. The van der Waals surface area contributed by atoms with Crippen LogP contribution >= 0.6 is 15.9 Å². The Morgan fingerprint density at radius 2 is 2.00 bits per heavy atom. The summed E-state index contributed by atoms with van der Waals surface area (Å²) in [6.45, 7) is 6.40. The van der Waals surface area contributed by atoms with E-state index in [1.165, 1.54) is 0 Å². The minimum absolute atomic E-state index is 0.0600. The molecule has 0 spiro atoms. The highest BCUT2D eigenvalue weighted by Crippen LogP contribution is 2.34. The number of aromatic nitrogens is 1. The van der Waals surface area contributed by atoms with E-state index in [0.29, 0.717) is 23.8 Å². The second-order valence-electron chi connectivity index (χ2n) is 7.03. The molecule has 5 nitrogen and oxygen atoms in total. The average molecular weight is 465 g/mol. The molecule has 0 saturated carbocycles. The lowest BCUT2D eigenvalue weighted by Gasteiger charge is -2.08. The molecule has 0 aliphatic rings. The number of rotatable bonds is 5. The van der Waals surface area contributed by atoms with Crippen molar-refractivity contribution >= 4 is 38.9 Å². The summed E-state index contributed by atoms with van der Waals surface area (Å²) in [7, 11) is 0. The van der Waals surface area contributed by atoms with Crippen LogP contribution in [0.15, 0.2) is 62.4 Å². The monoisotopic (exact) mass is 464 g/mol. The number of hydrogen-bond acceptors (Lipinski definition) is 5. The van der Waals surface area contributed by atoms with E-state index >= 15 is 0 Å². The highest BCUT2D eigenvalue weighted by Gasteiger charge is 2.12. The van der Waals surface area contributed by atoms with Gasteiger partial charge in [-0.3, -0.25) is 4.99 Å². The van der Waals surface area contributed by atoms with Crippen molar-refractivity contribution in [2.24, 2.45) is 4.99 Å². The molecule has 1 aromatic heterocycles. The summed E-state index contributed by atoms with van der Waals surface area (Å²) < 4.78 is 12.3. The Bertz CT molecular complexity index is 1260. The van der Waals surface area contributed by atoms with Crippen molar-refractivity contribution in [2.45, 2.75) is 20.8 Å². The van der Waals surface area contributed by atoms with Crippen molar-refractivity contribution < 1.29 is 14.3 Å². The van der Waals surface area contributed by atoms with Gasteiger partial charge in [-0.15, -0.1) is 0 Å². The number of ether oxygens (including phenoxy) is 1. The van der Waals surface area contributed by atoms with Gasteiger partial charge in [0.1, 0.15) is 5.52 Å². The van der Waals surface area contributed by atoms with Gasteiger partial charge in [-0.05, 0) is 68.3 Å². The lowest BCUT2D eigenvalue weighted by Crippen LogP contribution is -1.94. The van der Waals surface area contributed by atoms with Crippen molar-refractivity contribution in [1.29, 1.82) is 0 Å². The number of aliphatic imine (C=N–C) groups is 1. The van der Waals surface area contributed by atoms with E-state index in [-0.39, 0.29) is 5.75 Å². The number of phenols is 1. The summed E-state index contributed by atoms with van der Waals surface area (Å²) in [5.41, 5.74) is 5.98. The Kier molecular flexibility index (Phi) is 5.59. The molecule has 30 heavy (non-hydrogen) atoms. The Morgan fingerprint density at radius 3 is 2.80 bits per heavy atom. The first-order valence-corrected chi connectivity index (χ1v) is 10.4. The van der Waals surface area contributed by atoms with Crippen LogP contribution in [0, 0.1) is 13.8 Å². The summed E-state index contributed by atoms with van der Waals surface area (Å²) >= 11 is 3.44. The Morgan fingerprint density at radius 1 is 1.17 bits per heavy atom. The summed E-state index contributed by atoms with van der Waals surface area (Å²) in [6, 6.07) is 15.3. The quantitative estimate of drug-likeness (QED) is 0.332. The average Bonchev–Trinajstić information content (AvgIpc) is 3.14. The molecule has 0 bridgehead atoms. The third kappa shape index (κ3) is 4.09. The zero-order chi connectivity index (χ0) is 21.3. The summed E-state index contributed by atoms with van der Waals surface area (Å²) in [5, 5.41) is 10.4. The predicted molar refractivity (Wildman–Crippen MR) is 123 cm³/mol. The largest absolute Gasteiger partial charge is 0.504 e. The molecule has 1 heterocycles. The van der Waals surface area contributed by atoms with Gasteiger partial charge in [0.25, 0.3) is 0 Å². The Hall–Kier alpha value is -3.12. The van der Waals surface area contributed by atoms with Crippen LogP contribution in [0.4, 0.5) is 5.69 Å². The predicted octanol–water partition coefficient (Wildman–Crippen LogP) is 6.73. The molecule has 0 radical (unpaired) electrons. The third-order valence-electron chi connectivity index (χ3n) is 4.63. The summed E-state index contributed by atoms with van der Waals surface area (Å²) in [6.07, 6.45) is 1.61. The number of aryl methyl sites for hydroxylation is 2. The zero-order valence-electron chi connectivity index (χ0n) is 16.9.